The molecule has 0 unspecified atom stereocenters. The Labute approximate surface area is 122 Å². The maximum absolute atomic E-state index is 13.6. The third-order valence-electron chi connectivity index (χ3n) is 2.68. The zero-order valence-corrected chi connectivity index (χ0v) is 11.1. The van der Waals surface area contributed by atoms with E-state index >= 15 is 0 Å². The minimum atomic E-state index is -4.63. The zero-order chi connectivity index (χ0) is 15.6. The van der Waals surface area contributed by atoms with Crippen LogP contribution in [0, 0.1) is 17.1 Å². The maximum Gasteiger partial charge on any atom is 0.417 e. The lowest BCUT2D eigenvalue weighted by Gasteiger charge is -2.13. The van der Waals surface area contributed by atoms with Crippen LogP contribution in [0.5, 0.6) is 0 Å². The van der Waals surface area contributed by atoms with Crippen LogP contribution in [-0.2, 0) is 6.18 Å². The molecule has 0 heterocycles. The number of halogens is 5. The van der Waals surface area contributed by atoms with Gasteiger partial charge in [-0.3, -0.25) is 0 Å². The molecule has 0 aliphatic rings. The molecule has 0 bridgehead atoms. The molecule has 0 saturated carbocycles. The highest BCUT2D eigenvalue weighted by atomic mass is 35.5. The number of nitriles is 1. The molecule has 0 aliphatic carbocycles. The summed E-state index contributed by atoms with van der Waals surface area (Å²) in [5.41, 5.74) is -1.54. The number of para-hydroxylation sites is 1. The molecule has 21 heavy (non-hydrogen) atoms. The topological polar surface area (TPSA) is 35.8 Å². The highest BCUT2D eigenvalue weighted by Gasteiger charge is 2.33. The molecule has 2 aromatic carbocycles. The van der Waals surface area contributed by atoms with Crippen LogP contribution >= 0.6 is 11.6 Å². The molecule has 0 atom stereocenters. The molecule has 2 nitrogen and oxygen atoms in total. The van der Waals surface area contributed by atoms with Gasteiger partial charge in [0.15, 0.2) is 0 Å². The van der Waals surface area contributed by atoms with E-state index in [0.29, 0.717) is 0 Å². The highest BCUT2D eigenvalue weighted by molar-refractivity contribution is 6.33. The SMILES string of the molecule is N#Cc1cc(Nc2c(F)cccc2Cl)ccc1C(F)(F)F. The lowest BCUT2D eigenvalue weighted by Crippen LogP contribution is -2.08. The van der Waals surface area contributed by atoms with E-state index in [1.54, 1.807) is 0 Å². The molecule has 0 amide bonds. The van der Waals surface area contributed by atoms with E-state index in [4.69, 9.17) is 16.9 Å². The highest BCUT2D eigenvalue weighted by Crippen LogP contribution is 2.34. The largest absolute Gasteiger partial charge is 0.417 e. The summed E-state index contributed by atoms with van der Waals surface area (Å²) in [6.07, 6.45) is -4.63. The van der Waals surface area contributed by atoms with Gasteiger partial charge in [0.2, 0.25) is 0 Å². The normalized spacial score (nSPS) is 11.0. The average Bonchev–Trinajstić information content (AvgIpc) is 2.41. The van der Waals surface area contributed by atoms with Gasteiger partial charge in [0.25, 0.3) is 0 Å². The molecule has 0 fully saturated rings. The number of alkyl halides is 3. The van der Waals surface area contributed by atoms with Gasteiger partial charge in [-0.25, -0.2) is 4.39 Å². The molecule has 108 valence electrons. The van der Waals surface area contributed by atoms with Crippen molar-refractivity contribution in [1.29, 1.82) is 5.26 Å². The predicted molar refractivity (Wildman–Crippen MR) is 70.9 cm³/mol. The van der Waals surface area contributed by atoms with Gasteiger partial charge in [-0.15, -0.1) is 0 Å². The monoisotopic (exact) mass is 314 g/mol. The number of benzene rings is 2. The molecule has 0 aromatic heterocycles. The van der Waals surface area contributed by atoms with E-state index < -0.39 is 23.1 Å². The predicted octanol–water partition coefficient (Wildman–Crippen LogP) is 5.11. The van der Waals surface area contributed by atoms with Gasteiger partial charge < -0.3 is 5.32 Å². The fraction of sp³-hybridized carbons (Fsp3) is 0.0714. The molecular formula is C14H7ClF4N2. The van der Waals surface area contributed by atoms with Crippen LogP contribution in [0.2, 0.25) is 5.02 Å². The molecule has 2 aromatic rings. The van der Waals surface area contributed by atoms with Crippen molar-refractivity contribution in [3.05, 3.63) is 58.4 Å². The first-order valence-electron chi connectivity index (χ1n) is 5.65. The Morgan fingerprint density at radius 2 is 1.86 bits per heavy atom. The second-order valence-electron chi connectivity index (χ2n) is 4.09. The van der Waals surface area contributed by atoms with Crippen LogP contribution in [0.25, 0.3) is 0 Å². The van der Waals surface area contributed by atoms with Crippen molar-refractivity contribution in [2.75, 3.05) is 5.32 Å². The van der Waals surface area contributed by atoms with Crippen LogP contribution in [-0.4, -0.2) is 0 Å². The second kappa shape index (κ2) is 5.62. The molecule has 2 rings (SSSR count). The summed E-state index contributed by atoms with van der Waals surface area (Å²) in [6.45, 7) is 0. The third-order valence-corrected chi connectivity index (χ3v) is 2.99. The fourth-order valence-electron chi connectivity index (χ4n) is 1.72. The first-order valence-corrected chi connectivity index (χ1v) is 6.03. The molecule has 0 aliphatic heterocycles. The molecular weight excluding hydrogens is 308 g/mol. The second-order valence-corrected chi connectivity index (χ2v) is 4.50. The Balaban J connectivity index is 2.42. The van der Waals surface area contributed by atoms with Gasteiger partial charge in [0, 0.05) is 5.69 Å². The molecule has 0 spiro atoms. The number of nitrogens with zero attached hydrogens (tertiary/aromatic N) is 1. The van der Waals surface area contributed by atoms with Gasteiger partial charge in [0.1, 0.15) is 5.82 Å². The molecule has 0 saturated heterocycles. The van der Waals surface area contributed by atoms with E-state index in [9.17, 15) is 17.6 Å². The number of rotatable bonds is 2. The molecule has 1 N–H and O–H groups in total. The van der Waals surface area contributed by atoms with Crippen molar-refractivity contribution >= 4 is 23.0 Å². The number of hydrogen-bond donors (Lipinski definition) is 1. The maximum atomic E-state index is 13.6. The van der Waals surface area contributed by atoms with Crippen molar-refractivity contribution in [1.82, 2.24) is 0 Å². The van der Waals surface area contributed by atoms with Crippen molar-refractivity contribution in [2.45, 2.75) is 6.18 Å². The lowest BCUT2D eigenvalue weighted by atomic mass is 10.1. The van der Waals surface area contributed by atoms with E-state index in [1.807, 2.05) is 0 Å². The number of nitrogens with one attached hydrogen (secondary N) is 1. The summed E-state index contributed by atoms with van der Waals surface area (Å²) in [4.78, 5) is 0. The fourth-order valence-corrected chi connectivity index (χ4v) is 1.93. The first kappa shape index (κ1) is 15.1. The Morgan fingerprint density at radius 3 is 2.43 bits per heavy atom. The number of hydrogen-bond acceptors (Lipinski definition) is 2. The standard InChI is InChI=1S/C14H7ClF4N2/c15-11-2-1-3-12(16)13(11)21-9-4-5-10(14(17,18)19)8(6-9)7-20/h1-6,21H. The van der Waals surface area contributed by atoms with Gasteiger partial charge in [-0.05, 0) is 30.3 Å². The van der Waals surface area contributed by atoms with Crippen molar-refractivity contribution < 1.29 is 17.6 Å². The van der Waals surface area contributed by atoms with E-state index in [-0.39, 0.29) is 16.4 Å². The Hall–Kier alpha value is -2.26. The Bertz CT molecular complexity index is 700. The van der Waals surface area contributed by atoms with Gasteiger partial charge >= 0.3 is 6.18 Å². The van der Waals surface area contributed by atoms with Crippen LogP contribution < -0.4 is 5.32 Å². The zero-order valence-electron chi connectivity index (χ0n) is 10.3. The van der Waals surface area contributed by atoms with Gasteiger partial charge in [0.05, 0.1) is 27.9 Å². The van der Waals surface area contributed by atoms with Crippen molar-refractivity contribution in [2.24, 2.45) is 0 Å². The summed E-state index contributed by atoms with van der Waals surface area (Å²) in [7, 11) is 0. The van der Waals surface area contributed by atoms with Crippen LogP contribution in [0.15, 0.2) is 36.4 Å². The summed E-state index contributed by atoms with van der Waals surface area (Å²) in [5.74, 6) is -0.652. The van der Waals surface area contributed by atoms with Crippen LogP contribution in [0.4, 0.5) is 28.9 Å². The average molecular weight is 315 g/mol. The van der Waals surface area contributed by atoms with Crippen molar-refractivity contribution in [3.8, 4) is 6.07 Å². The lowest BCUT2D eigenvalue weighted by molar-refractivity contribution is -0.137. The minimum Gasteiger partial charge on any atom is -0.352 e. The smallest absolute Gasteiger partial charge is 0.352 e. The Kier molecular flexibility index (Phi) is 4.05. The summed E-state index contributed by atoms with van der Waals surface area (Å²) >= 11 is 5.81. The Morgan fingerprint density at radius 1 is 1.14 bits per heavy atom. The quantitative estimate of drug-likeness (QED) is 0.782. The molecule has 7 heteroatoms. The van der Waals surface area contributed by atoms with Crippen molar-refractivity contribution in [3.63, 3.8) is 0 Å². The van der Waals surface area contributed by atoms with Crippen LogP contribution in [0.1, 0.15) is 11.1 Å². The van der Waals surface area contributed by atoms with Gasteiger partial charge in [-0.1, -0.05) is 17.7 Å². The summed E-state index contributed by atoms with van der Waals surface area (Å²) < 4.78 is 51.6. The third kappa shape index (κ3) is 3.26. The van der Waals surface area contributed by atoms with Crippen LogP contribution in [0.3, 0.4) is 0 Å². The van der Waals surface area contributed by atoms with E-state index in [0.717, 1.165) is 24.3 Å². The van der Waals surface area contributed by atoms with Gasteiger partial charge in [-0.2, -0.15) is 18.4 Å². The summed E-state index contributed by atoms with van der Waals surface area (Å²) in [6, 6.07) is 8.31. The molecule has 0 radical (unpaired) electrons. The van der Waals surface area contributed by atoms with E-state index in [2.05, 4.69) is 5.32 Å². The first-order chi connectivity index (χ1) is 9.82. The summed E-state index contributed by atoms with van der Waals surface area (Å²) in [5, 5.41) is 11.4. The minimum absolute atomic E-state index is 0.0668. The number of anilines is 2. The van der Waals surface area contributed by atoms with E-state index in [1.165, 1.54) is 18.2 Å².